The topological polar surface area (TPSA) is 36.9 Å². The minimum Gasteiger partial charge on any atom is -0.433 e. The fourth-order valence-electron chi connectivity index (χ4n) is 2.78. The molecule has 0 saturated carbocycles. The molecule has 1 aromatic rings. The molecule has 1 unspecified atom stereocenters. The molecule has 1 fully saturated rings. The van der Waals surface area contributed by atoms with Crippen LogP contribution in [0.4, 0.5) is 8.78 Å². The molecule has 0 radical (unpaired) electrons. The van der Waals surface area contributed by atoms with Crippen molar-refractivity contribution in [3.8, 4) is 5.75 Å². The van der Waals surface area contributed by atoms with Crippen LogP contribution >= 0.6 is 0 Å². The van der Waals surface area contributed by atoms with E-state index in [1.165, 1.54) is 12.1 Å². The minimum atomic E-state index is -3.23. The molecule has 2 rings (SSSR count). The number of hydrogen-bond acceptors (Lipinski definition) is 4. The maximum absolute atomic E-state index is 13.0. The summed E-state index contributed by atoms with van der Waals surface area (Å²) in [5, 5.41) is 0. The lowest BCUT2D eigenvalue weighted by Gasteiger charge is -2.23. The van der Waals surface area contributed by atoms with Gasteiger partial charge in [0.25, 0.3) is 0 Å². The average Bonchev–Trinajstić information content (AvgIpc) is 2.72. The van der Waals surface area contributed by atoms with Gasteiger partial charge < -0.3 is 18.8 Å². The molecule has 0 aliphatic carbocycles. The number of ether oxygens (including phenoxy) is 2. The van der Waals surface area contributed by atoms with Gasteiger partial charge in [0.15, 0.2) is 0 Å². The van der Waals surface area contributed by atoms with Gasteiger partial charge in [-0.25, -0.2) is 0 Å². The number of hydrogen-bond donors (Lipinski definition) is 0. The van der Waals surface area contributed by atoms with Crippen LogP contribution in [0.15, 0.2) is 18.2 Å². The predicted octanol–water partition coefficient (Wildman–Crippen LogP) is 3.12. The van der Waals surface area contributed by atoms with Crippen molar-refractivity contribution in [3.05, 3.63) is 23.8 Å². The van der Waals surface area contributed by atoms with Gasteiger partial charge in [0, 0.05) is 14.0 Å². The first-order chi connectivity index (χ1) is 10.7. The number of methoxy groups -OCH3 is 1. The van der Waals surface area contributed by atoms with Gasteiger partial charge in [-0.3, -0.25) is 0 Å². The number of alkyl halides is 2. The molecule has 1 saturated heterocycles. The van der Waals surface area contributed by atoms with E-state index in [0.29, 0.717) is 12.5 Å². The molecule has 0 N–H and O–H groups in total. The Kier molecular flexibility index (Phi) is 5.33. The zero-order chi connectivity index (χ0) is 17.3. The van der Waals surface area contributed by atoms with Crippen LogP contribution in [0, 0.1) is 0 Å². The number of halogens is 2. The van der Waals surface area contributed by atoms with Gasteiger partial charge >= 0.3 is 13.2 Å². The van der Waals surface area contributed by atoms with Gasteiger partial charge in [0.2, 0.25) is 0 Å². The molecule has 7 heteroatoms. The van der Waals surface area contributed by atoms with Gasteiger partial charge in [0.05, 0.1) is 18.3 Å². The Morgan fingerprint density at radius 3 is 2.57 bits per heavy atom. The van der Waals surface area contributed by atoms with Crippen LogP contribution in [0.3, 0.4) is 0 Å². The Morgan fingerprint density at radius 1 is 1.35 bits per heavy atom. The Morgan fingerprint density at radius 2 is 2.04 bits per heavy atom. The summed E-state index contributed by atoms with van der Waals surface area (Å²) in [6, 6.07) is 4.72. The second-order valence-electron chi connectivity index (χ2n) is 6.29. The van der Waals surface area contributed by atoms with Gasteiger partial charge in [-0.1, -0.05) is 13.0 Å². The van der Waals surface area contributed by atoms with Crippen molar-refractivity contribution in [1.82, 2.24) is 0 Å². The number of rotatable bonds is 6. The number of benzene rings is 1. The van der Waals surface area contributed by atoms with E-state index in [9.17, 15) is 8.78 Å². The van der Waals surface area contributed by atoms with Crippen molar-refractivity contribution < 1.29 is 27.6 Å². The molecule has 1 heterocycles. The quantitative estimate of drug-likeness (QED) is 0.752. The van der Waals surface area contributed by atoms with Crippen LogP contribution in [0.2, 0.25) is 0 Å². The third-order valence-corrected chi connectivity index (χ3v) is 3.81. The van der Waals surface area contributed by atoms with Crippen molar-refractivity contribution in [2.45, 2.75) is 58.5 Å². The fourth-order valence-corrected chi connectivity index (χ4v) is 2.78. The molecular weight excluding hydrogens is 305 g/mol. The van der Waals surface area contributed by atoms with Crippen LogP contribution in [-0.2, 0) is 20.7 Å². The van der Waals surface area contributed by atoms with E-state index >= 15 is 0 Å². The van der Waals surface area contributed by atoms with Gasteiger partial charge in [0.1, 0.15) is 5.75 Å². The fraction of sp³-hybridized carbons (Fsp3) is 0.625. The molecule has 0 spiro atoms. The standard InChI is InChI=1S/C16H23BF2O4/c1-6-14-15(2,3)23-17(22-14)13-8-7-12(21-16(4,18)19)9-11(13)10-20-5/h7-9,14H,6,10H2,1-5H3. The maximum atomic E-state index is 13.0. The van der Waals surface area contributed by atoms with E-state index in [0.717, 1.165) is 11.9 Å². The van der Waals surface area contributed by atoms with Crippen LogP contribution in [0.25, 0.3) is 0 Å². The highest BCUT2D eigenvalue weighted by Crippen LogP contribution is 2.30. The van der Waals surface area contributed by atoms with Crippen LogP contribution in [0.1, 0.15) is 39.7 Å². The molecule has 1 atom stereocenters. The first kappa shape index (κ1) is 18.2. The summed E-state index contributed by atoms with van der Waals surface area (Å²) in [6.07, 6.45) is -2.44. The maximum Gasteiger partial charge on any atom is 0.495 e. The average molecular weight is 328 g/mol. The zero-order valence-corrected chi connectivity index (χ0v) is 14.2. The van der Waals surface area contributed by atoms with Crippen LogP contribution in [0.5, 0.6) is 5.75 Å². The molecule has 0 aromatic heterocycles. The summed E-state index contributed by atoms with van der Waals surface area (Å²) in [5.41, 5.74) is 1.06. The molecule has 0 amide bonds. The SMILES string of the molecule is CCC1OB(c2ccc(OC(C)(F)F)cc2COC)OC1(C)C. The highest BCUT2D eigenvalue weighted by Gasteiger charge is 2.46. The van der Waals surface area contributed by atoms with Crippen molar-refractivity contribution in [1.29, 1.82) is 0 Å². The second-order valence-corrected chi connectivity index (χ2v) is 6.29. The summed E-state index contributed by atoms with van der Waals surface area (Å²) in [7, 11) is 0.997. The smallest absolute Gasteiger partial charge is 0.433 e. The highest BCUT2D eigenvalue weighted by atomic mass is 19.3. The third kappa shape index (κ3) is 4.43. The minimum absolute atomic E-state index is 0.0289. The third-order valence-electron chi connectivity index (χ3n) is 3.81. The Hall–Kier alpha value is -1.18. The molecular formula is C16H23BF2O4. The summed E-state index contributed by atoms with van der Waals surface area (Å²) >= 11 is 0. The molecule has 128 valence electrons. The summed E-state index contributed by atoms with van der Waals surface area (Å²) in [4.78, 5) is 0. The molecule has 4 nitrogen and oxygen atoms in total. The van der Waals surface area contributed by atoms with E-state index in [4.69, 9.17) is 14.0 Å². The molecule has 23 heavy (non-hydrogen) atoms. The Labute approximate surface area is 136 Å². The highest BCUT2D eigenvalue weighted by molar-refractivity contribution is 6.62. The van der Waals surface area contributed by atoms with Crippen LogP contribution < -0.4 is 10.2 Å². The molecule has 1 aliphatic rings. The van der Waals surface area contributed by atoms with E-state index in [-0.39, 0.29) is 18.5 Å². The summed E-state index contributed by atoms with van der Waals surface area (Å²) in [5.74, 6) is 0.0811. The van der Waals surface area contributed by atoms with Crippen molar-refractivity contribution in [3.63, 3.8) is 0 Å². The second kappa shape index (κ2) is 6.75. The van der Waals surface area contributed by atoms with E-state index in [1.807, 2.05) is 20.8 Å². The lowest BCUT2D eigenvalue weighted by Crippen LogP contribution is -2.37. The summed E-state index contributed by atoms with van der Waals surface area (Å²) in [6.45, 7) is 6.95. The Balaban J connectivity index is 2.28. The lowest BCUT2D eigenvalue weighted by molar-refractivity contribution is -0.159. The van der Waals surface area contributed by atoms with Crippen molar-refractivity contribution >= 4 is 12.6 Å². The van der Waals surface area contributed by atoms with Crippen molar-refractivity contribution in [2.24, 2.45) is 0 Å². The van der Waals surface area contributed by atoms with E-state index in [2.05, 4.69) is 4.74 Å². The monoisotopic (exact) mass is 328 g/mol. The molecule has 1 aromatic carbocycles. The predicted molar refractivity (Wildman–Crippen MR) is 84.1 cm³/mol. The molecule has 1 aliphatic heterocycles. The van der Waals surface area contributed by atoms with Gasteiger partial charge in [-0.15, -0.1) is 0 Å². The molecule has 0 bridgehead atoms. The van der Waals surface area contributed by atoms with E-state index in [1.54, 1.807) is 13.2 Å². The largest absolute Gasteiger partial charge is 0.495 e. The summed E-state index contributed by atoms with van der Waals surface area (Å²) < 4.78 is 47.8. The van der Waals surface area contributed by atoms with E-state index < -0.39 is 18.8 Å². The van der Waals surface area contributed by atoms with Crippen LogP contribution in [-0.4, -0.2) is 32.0 Å². The van der Waals surface area contributed by atoms with Gasteiger partial charge in [-0.2, -0.15) is 8.78 Å². The first-order valence-electron chi connectivity index (χ1n) is 7.68. The first-order valence-corrected chi connectivity index (χ1v) is 7.68. The van der Waals surface area contributed by atoms with Crippen molar-refractivity contribution in [2.75, 3.05) is 7.11 Å². The lowest BCUT2D eigenvalue weighted by atomic mass is 9.76. The normalized spacial score (nSPS) is 20.8. The zero-order valence-electron chi connectivity index (χ0n) is 14.2. The van der Waals surface area contributed by atoms with Gasteiger partial charge in [-0.05, 0) is 43.4 Å². The Bertz CT molecular complexity index is 545.